The van der Waals surface area contributed by atoms with Crippen LogP contribution in [0.3, 0.4) is 0 Å². The lowest BCUT2D eigenvalue weighted by molar-refractivity contribution is -0.119. The van der Waals surface area contributed by atoms with E-state index in [1.807, 2.05) is 0 Å². The number of fused-ring (bicyclic) bond motifs is 1. The molecule has 30 heavy (non-hydrogen) atoms. The Morgan fingerprint density at radius 3 is 2.67 bits per heavy atom. The number of nitrogens with two attached hydrogens (primary N) is 1. The highest BCUT2D eigenvalue weighted by Crippen LogP contribution is 2.40. The molecule has 1 heterocycles. The van der Waals surface area contributed by atoms with Gasteiger partial charge in [-0.1, -0.05) is 6.92 Å². The molecular weight excluding hydrogens is 408 g/mol. The molecule has 0 fully saturated rings. The Hall–Kier alpha value is -3.07. The van der Waals surface area contributed by atoms with Crippen molar-refractivity contribution in [3.63, 3.8) is 0 Å². The largest absolute Gasteiger partial charge is 0.495 e. The van der Waals surface area contributed by atoms with E-state index in [4.69, 9.17) is 19.9 Å². The fourth-order valence-corrected chi connectivity index (χ4v) is 4.81. The quantitative estimate of drug-likeness (QED) is 0.532. The van der Waals surface area contributed by atoms with Crippen LogP contribution in [0.4, 0.5) is 10.7 Å². The topological polar surface area (TPSA) is 117 Å². The molecule has 2 aromatic rings. The molecule has 1 unspecified atom stereocenters. The molecule has 0 saturated heterocycles. The maximum Gasteiger partial charge on any atom is 0.341 e. The van der Waals surface area contributed by atoms with Gasteiger partial charge >= 0.3 is 11.9 Å². The molecule has 0 radical (unpaired) electrons. The Kier molecular flexibility index (Phi) is 6.61. The first-order valence-electron chi connectivity index (χ1n) is 9.47. The van der Waals surface area contributed by atoms with Gasteiger partial charge in [-0.05, 0) is 48.9 Å². The van der Waals surface area contributed by atoms with Crippen LogP contribution in [0.15, 0.2) is 18.2 Å². The predicted octanol–water partition coefficient (Wildman–Crippen LogP) is 3.05. The summed E-state index contributed by atoms with van der Waals surface area (Å²) in [5, 5.41) is 3.12. The predicted molar refractivity (Wildman–Crippen MR) is 113 cm³/mol. The van der Waals surface area contributed by atoms with Gasteiger partial charge in [0, 0.05) is 4.88 Å². The number of hydrogen-bond donors (Lipinski definition) is 2. The van der Waals surface area contributed by atoms with Crippen molar-refractivity contribution < 1.29 is 28.6 Å². The minimum Gasteiger partial charge on any atom is -0.495 e. The Morgan fingerprint density at radius 1 is 1.23 bits per heavy atom. The van der Waals surface area contributed by atoms with E-state index < -0.39 is 24.5 Å². The molecule has 1 aliphatic rings. The summed E-state index contributed by atoms with van der Waals surface area (Å²) in [7, 11) is 2.78. The van der Waals surface area contributed by atoms with Crippen LogP contribution < -0.4 is 15.8 Å². The van der Waals surface area contributed by atoms with Crippen LogP contribution in [0.1, 0.15) is 44.5 Å². The number of anilines is 2. The maximum absolute atomic E-state index is 12.4. The van der Waals surface area contributed by atoms with Crippen molar-refractivity contribution in [2.45, 2.75) is 26.2 Å². The van der Waals surface area contributed by atoms with Crippen molar-refractivity contribution in [1.29, 1.82) is 0 Å². The lowest BCUT2D eigenvalue weighted by Crippen LogP contribution is -2.22. The first-order valence-corrected chi connectivity index (χ1v) is 10.3. The molecule has 1 aromatic heterocycles. The molecule has 0 spiro atoms. The second kappa shape index (κ2) is 9.17. The molecule has 1 aliphatic carbocycles. The summed E-state index contributed by atoms with van der Waals surface area (Å²) < 4.78 is 15.0. The van der Waals surface area contributed by atoms with E-state index in [-0.39, 0.29) is 11.3 Å². The van der Waals surface area contributed by atoms with Crippen LogP contribution in [0.5, 0.6) is 5.75 Å². The second-order valence-corrected chi connectivity index (χ2v) is 8.23. The fourth-order valence-electron chi connectivity index (χ4n) is 3.40. The van der Waals surface area contributed by atoms with E-state index in [0.29, 0.717) is 22.2 Å². The lowest BCUT2D eigenvalue weighted by atomic mass is 9.88. The molecule has 0 bridgehead atoms. The zero-order chi connectivity index (χ0) is 21.8. The van der Waals surface area contributed by atoms with Crippen molar-refractivity contribution in [2.24, 2.45) is 5.92 Å². The number of nitrogen functional groups attached to an aromatic ring is 1. The van der Waals surface area contributed by atoms with Crippen LogP contribution in [-0.4, -0.2) is 38.7 Å². The Morgan fingerprint density at radius 2 is 2.00 bits per heavy atom. The van der Waals surface area contributed by atoms with E-state index >= 15 is 0 Å². The van der Waals surface area contributed by atoms with Crippen LogP contribution in [-0.2, 0) is 27.1 Å². The fraction of sp³-hybridized carbons (Fsp3) is 0.381. The summed E-state index contributed by atoms with van der Waals surface area (Å²) in [6.45, 7) is 1.66. The molecule has 0 aliphatic heterocycles. The molecule has 0 saturated carbocycles. The normalized spacial score (nSPS) is 15.1. The molecule has 1 aromatic carbocycles. The van der Waals surface area contributed by atoms with Gasteiger partial charge in [-0.3, -0.25) is 4.79 Å². The van der Waals surface area contributed by atoms with E-state index in [1.54, 1.807) is 6.07 Å². The minimum atomic E-state index is -0.688. The lowest BCUT2D eigenvalue weighted by Gasteiger charge is -2.18. The zero-order valence-electron chi connectivity index (χ0n) is 17.1. The number of carbonyl (C=O) groups excluding carboxylic acids is 3. The number of benzene rings is 1. The summed E-state index contributed by atoms with van der Waals surface area (Å²) in [5.41, 5.74) is 7.62. The van der Waals surface area contributed by atoms with Crippen molar-refractivity contribution in [3.8, 4) is 5.75 Å². The van der Waals surface area contributed by atoms with Crippen LogP contribution in [0.25, 0.3) is 0 Å². The van der Waals surface area contributed by atoms with E-state index in [9.17, 15) is 14.4 Å². The number of ether oxygens (including phenoxy) is 3. The number of rotatable bonds is 6. The summed E-state index contributed by atoms with van der Waals surface area (Å²) in [6.07, 6.45) is 2.60. The van der Waals surface area contributed by atoms with E-state index in [1.165, 1.54) is 37.7 Å². The van der Waals surface area contributed by atoms with Gasteiger partial charge in [0.1, 0.15) is 10.8 Å². The first-order chi connectivity index (χ1) is 14.3. The molecule has 3 N–H and O–H groups in total. The Balaban J connectivity index is 1.68. The SMILES string of the molecule is COC(=O)c1c(NC(=O)COC(=O)c2ccc(OC)c(N)c2)sc2c1CCC(C)C2. The third kappa shape index (κ3) is 4.56. The molecule has 9 heteroatoms. The van der Waals surface area contributed by atoms with Crippen molar-refractivity contribution in [2.75, 3.05) is 31.9 Å². The smallest absolute Gasteiger partial charge is 0.341 e. The monoisotopic (exact) mass is 432 g/mol. The highest BCUT2D eigenvalue weighted by Gasteiger charge is 2.29. The van der Waals surface area contributed by atoms with Crippen molar-refractivity contribution in [1.82, 2.24) is 0 Å². The molecule has 160 valence electrons. The number of methoxy groups -OCH3 is 2. The van der Waals surface area contributed by atoms with Crippen molar-refractivity contribution in [3.05, 3.63) is 39.8 Å². The second-order valence-electron chi connectivity index (χ2n) is 7.13. The highest BCUT2D eigenvalue weighted by atomic mass is 32.1. The summed E-state index contributed by atoms with van der Waals surface area (Å²) in [4.78, 5) is 37.9. The van der Waals surface area contributed by atoms with Gasteiger partial charge in [-0.2, -0.15) is 0 Å². The zero-order valence-corrected chi connectivity index (χ0v) is 17.9. The van der Waals surface area contributed by atoms with Crippen LogP contribution in [0, 0.1) is 5.92 Å². The average molecular weight is 432 g/mol. The van der Waals surface area contributed by atoms with E-state index in [2.05, 4.69) is 12.2 Å². The molecule has 3 rings (SSSR count). The first kappa shape index (κ1) is 21.6. The standard InChI is InChI=1S/C21H24N2O6S/c1-11-4-6-13-16(8-11)30-19(18(13)21(26)28-3)23-17(24)10-29-20(25)12-5-7-15(27-2)14(22)9-12/h5,7,9,11H,4,6,8,10,22H2,1-3H3,(H,23,24). The van der Waals surface area contributed by atoms with Crippen LogP contribution >= 0.6 is 11.3 Å². The van der Waals surface area contributed by atoms with Crippen LogP contribution in [0.2, 0.25) is 0 Å². The highest BCUT2D eigenvalue weighted by molar-refractivity contribution is 7.17. The number of nitrogens with one attached hydrogen (secondary N) is 1. The molecule has 8 nitrogen and oxygen atoms in total. The maximum atomic E-state index is 12.4. The van der Waals surface area contributed by atoms with Gasteiger partial charge in [0.2, 0.25) is 0 Å². The number of hydrogen-bond acceptors (Lipinski definition) is 8. The number of carbonyl (C=O) groups is 3. The third-order valence-corrected chi connectivity index (χ3v) is 6.12. The minimum absolute atomic E-state index is 0.205. The Labute approximate surface area is 178 Å². The van der Waals surface area contributed by atoms with Gasteiger partial charge in [-0.25, -0.2) is 9.59 Å². The van der Waals surface area contributed by atoms with E-state index in [0.717, 1.165) is 29.7 Å². The van der Waals surface area contributed by atoms with Gasteiger partial charge in [-0.15, -0.1) is 11.3 Å². The molecule has 1 amide bonds. The number of esters is 2. The van der Waals surface area contributed by atoms with Gasteiger partial charge < -0.3 is 25.3 Å². The number of thiophene rings is 1. The Bertz CT molecular complexity index is 984. The van der Waals surface area contributed by atoms with Gasteiger partial charge in [0.25, 0.3) is 5.91 Å². The van der Waals surface area contributed by atoms with Gasteiger partial charge in [0.05, 0.1) is 31.0 Å². The third-order valence-electron chi connectivity index (χ3n) is 4.95. The number of amides is 1. The average Bonchev–Trinajstić information content (AvgIpc) is 3.07. The van der Waals surface area contributed by atoms with Crippen molar-refractivity contribution >= 4 is 39.9 Å². The molecular formula is C21H24N2O6S. The molecule has 1 atom stereocenters. The van der Waals surface area contributed by atoms with Gasteiger partial charge in [0.15, 0.2) is 6.61 Å². The summed E-state index contributed by atoms with van der Waals surface area (Å²) in [5.74, 6) is -0.754. The summed E-state index contributed by atoms with van der Waals surface area (Å²) in [6, 6.07) is 4.47. The summed E-state index contributed by atoms with van der Waals surface area (Å²) >= 11 is 1.37.